The molecule has 1 saturated heterocycles. The molecule has 0 spiro atoms. The lowest BCUT2D eigenvalue weighted by molar-refractivity contribution is -0.131. The molecule has 0 aliphatic carbocycles. The van der Waals surface area contributed by atoms with Crippen LogP contribution in [-0.4, -0.2) is 47.9 Å². The first kappa shape index (κ1) is 22.8. The molecule has 4 rings (SSSR count). The van der Waals surface area contributed by atoms with Crippen LogP contribution in [0.2, 0.25) is 0 Å². The van der Waals surface area contributed by atoms with E-state index < -0.39 is 0 Å². The van der Waals surface area contributed by atoms with Crippen molar-refractivity contribution in [1.82, 2.24) is 15.2 Å². The molecule has 33 heavy (non-hydrogen) atoms. The summed E-state index contributed by atoms with van der Waals surface area (Å²) in [6.07, 6.45) is 1.77. The molecule has 1 aliphatic heterocycles. The molecule has 2 aromatic carbocycles. The third-order valence-electron chi connectivity index (χ3n) is 5.68. The fourth-order valence-corrected chi connectivity index (χ4v) is 4.40. The number of rotatable bonds is 8. The topological polar surface area (TPSA) is 80.8 Å². The first-order chi connectivity index (χ1) is 16.1. The highest BCUT2D eigenvalue weighted by atomic mass is 32.1. The summed E-state index contributed by atoms with van der Waals surface area (Å²) in [4.78, 5) is 31.5. The zero-order chi connectivity index (χ0) is 23.0. The van der Waals surface area contributed by atoms with E-state index in [1.165, 1.54) is 11.3 Å². The van der Waals surface area contributed by atoms with E-state index in [-0.39, 0.29) is 17.9 Å². The summed E-state index contributed by atoms with van der Waals surface area (Å²) in [6, 6.07) is 14.8. The van der Waals surface area contributed by atoms with Gasteiger partial charge in [-0.25, -0.2) is 4.98 Å². The average Bonchev–Trinajstić information content (AvgIpc) is 3.37. The first-order valence-electron chi connectivity index (χ1n) is 10.9. The first-order valence-corrected chi connectivity index (χ1v) is 11.9. The molecule has 8 heteroatoms. The van der Waals surface area contributed by atoms with Crippen molar-refractivity contribution >= 4 is 23.2 Å². The molecule has 2 heterocycles. The molecule has 172 valence electrons. The van der Waals surface area contributed by atoms with Crippen molar-refractivity contribution in [3.8, 4) is 11.5 Å². The Kier molecular flexibility index (Phi) is 7.57. The number of thiazole rings is 1. The van der Waals surface area contributed by atoms with Gasteiger partial charge >= 0.3 is 0 Å². The Balaban J connectivity index is 1.26. The molecule has 1 fully saturated rings. The molecule has 0 bridgehead atoms. The number of carbonyl (C=O) groups is 2. The average molecular weight is 466 g/mol. The third-order valence-corrected chi connectivity index (χ3v) is 6.32. The molecule has 3 aromatic rings. The van der Waals surface area contributed by atoms with E-state index in [1.807, 2.05) is 46.7 Å². The third kappa shape index (κ3) is 6.10. The van der Waals surface area contributed by atoms with Crippen LogP contribution in [0.1, 0.15) is 34.5 Å². The molecule has 0 atom stereocenters. The van der Waals surface area contributed by atoms with Gasteiger partial charge in [-0.3, -0.25) is 9.59 Å². The SMILES string of the molecule is COc1ccccc1CC(=O)N1CCC(NC(=O)c2cccc(OCc3cscn3)c2)CC1. The summed E-state index contributed by atoms with van der Waals surface area (Å²) >= 11 is 1.52. The summed E-state index contributed by atoms with van der Waals surface area (Å²) < 4.78 is 11.1. The van der Waals surface area contributed by atoms with E-state index in [0.29, 0.717) is 37.4 Å². The van der Waals surface area contributed by atoms with Gasteiger partial charge in [-0.2, -0.15) is 0 Å². The number of benzene rings is 2. The van der Waals surface area contributed by atoms with Gasteiger partial charge in [0, 0.05) is 35.6 Å². The number of nitrogens with one attached hydrogen (secondary N) is 1. The maximum atomic E-state index is 12.8. The molecule has 7 nitrogen and oxygen atoms in total. The second-order valence-electron chi connectivity index (χ2n) is 7.91. The van der Waals surface area contributed by atoms with Crippen LogP contribution < -0.4 is 14.8 Å². The van der Waals surface area contributed by atoms with Crippen molar-refractivity contribution < 1.29 is 19.1 Å². The summed E-state index contributed by atoms with van der Waals surface area (Å²) in [5, 5.41) is 5.03. The van der Waals surface area contributed by atoms with Crippen molar-refractivity contribution in [1.29, 1.82) is 0 Å². The number of methoxy groups -OCH3 is 1. The number of nitrogens with zero attached hydrogens (tertiary/aromatic N) is 2. The van der Waals surface area contributed by atoms with E-state index in [1.54, 1.807) is 24.8 Å². The van der Waals surface area contributed by atoms with Gasteiger partial charge in [0.1, 0.15) is 18.1 Å². The van der Waals surface area contributed by atoms with Crippen LogP contribution in [0.3, 0.4) is 0 Å². The second-order valence-corrected chi connectivity index (χ2v) is 8.63. The van der Waals surface area contributed by atoms with Gasteiger partial charge in [0.15, 0.2) is 0 Å². The minimum atomic E-state index is -0.132. The summed E-state index contributed by atoms with van der Waals surface area (Å²) in [5.41, 5.74) is 4.07. The summed E-state index contributed by atoms with van der Waals surface area (Å²) in [6.45, 7) is 1.61. The molecular weight excluding hydrogens is 438 g/mol. The highest BCUT2D eigenvalue weighted by Crippen LogP contribution is 2.20. The number of carbonyl (C=O) groups excluding carboxylic acids is 2. The molecule has 0 unspecified atom stereocenters. The molecule has 0 radical (unpaired) electrons. The van der Waals surface area contributed by atoms with Gasteiger partial charge in [-0.05, 0) is 37.1 Å². The largest absolute Gasteiger partial charge is 0.496 e. The molecule has 1 N–H and O–H groups in total. The predicted molar refractivity (Wildman–Crippen MR) is 127 cm³/mol. The van der Waals surface area contributed by atoms with E-state index >= 15 is 0 Å². The van der Waals surface area contributed by atoms with Crippen LogP contribution in [0.15, 0.2) is 59.4 Å². The minimum Gasteiger partial charge on any atom is -0.496 e. The molecule has 2 amide bonds. The number of ether oxygens (including phenoxy) is 2. The molecule has 1 aliphatic rings. The summed E-state index contributed by atoms with van der Waals surface area (Å²) in [5.74, 6) is 1.31. The van der Waals surface area contributed by atoms with Crippen molar-refractivity contribution in [3.63, 3.8) is 0 Å². The summed E-state index contributed by atoms with van der Waals surface area (Å²) in [7, 11) is 1.61. The Morgan fingerprint density at radius 1 is 1.15 bits per heavy atom. The van der Waals surface area contributed by atoms with Crippen LogP contribution in [0.5, 0.6) is 11.5 Å². The smallest absolute Gasteiger partial charge is 0.251 e. The van der Waals surface area contributed by atoms with Crippen LogP contribution in [0.25, 0.3) is 0 Å². The van der Waals surface area contributed by atoms with Gasteiger partial charge in [0.05, 0.1) is 24.7 Å². The standard InChI is InChI=1S/C25H27N3O4S/c1-31-23-8-3-2-5-18(23)14-24(29)28-11-9-20(10-12-28)27-25(30)19-6-4-7-22(13-19)32-15-21-16-33-17-26-21/h2-8,13,16-17,20H,9-12,14-15H2,1H3,(H,27,30). The number of para-hydroxylation sites is 1. The van der Waals surface area contributed by atoms with Gasteiger partial charge in [0.2, 0.25) is 5.91 Å². The zero-order valence-corrected chi connectivity index (χ0v) is 19.3. The maximum Gasteiger partial charge on any atom is 0.251 e. The number of hydrogen-bond acceptors (Lipinski definition) is 6. The van der Waals surface area contributed by atoms with E-state index in [0.717, 1.165) is 29.8 Å². The van der Waals surface area contributed by atoms with Crippen molar-refractivity contribution in [2.75, 3.05) is 20.2 Å². The Morgan fingerprint density at radius 3 is 2.73 bits per heavy atom. The Bertz CT molecular complexity index is 1080. The second kappa shape index (κ2) is 11.0. The molecule has 0 saturated carbocycles. The monoisotopic (exact) mass is 465 g/mol. The number of amides is 2. The normalized spacial score (nSPS) is 14.0. The maximum absolute atomic E-state index is 12.8. The van der Waals surface area contributed by atoms with Crippen molar-refractivity contribution in [3.05, 3.63) is 76.2 Å². The van der Waals surface area contributed by atoms with Crippen LogP contribution in [0.4, 0.5) is 0 Å². The fourth-order valence-electron chi connectivity index (χ4n) is 3.86. The lowest BCUT2D eigenvalue weighted by Gasteiger charge is -2.32. The number of aromatic nitrogens is 1. The Hall–Kier alpha value is -3.39. The number of likely N-dealkylation sites (tertiary alicyclic amines) is 1. The van der Waals surface area contributed by atoms with Gasteiger partial charge in [-0.15, -0.1) is 11.3 Å². The Morgan fingerprint density at radius 2 is 1.97 bits per heavy atom. The fraction of sp³-hybridized carbons (Fsp3) is 0.320. The van der Waals surface area contributed by atoms with Crippen molar-refractivity contribution in [2.24, 2.45) is 0 Å². The molecule has 1 aromatic heterocycles. The predicted octanol–water partition coefficient (Wildman–Crippen LogP) is 3.69. The van der Waals surface area contributed by atoms with Gasteiger partial charge < -0.3 is 19.7 Å². The molecular formula is C25H27N3O4S. The van der Waals surface area contributed by atoms with Crippen LogP contribution in [-0.2, 0) is 17.8 Å². The zero-order valence-electron chi connectivity index (χ0n) is 18.5. The number of hydrogen-bond donors (Lipinski definition) is 1. The Labute approximate surface area is 197 Å². The quantitative estimate of drug-likeness (QED) is 0.549. The lowest BCUT2D eigenvalue weighted by Crippen LogP contribution is -2.47. The van der Waals surface area contributed by atoms with Gasteiger partial charge in [-0.1, -0.05) is 24.3 Å². The van der Waals surface area contributed by atoms with Crippen LogP contribution >= 0.6 is 11.3 Å². The van der Waals surface area contributed by atoms with E-state index in [2.05, 4.69) is 10.3 Å². The highest BCUT2D eigenvalue weighted by Gasteiger charge is 2.25. The lowest BCUT2D eigenvalue weighted by atomic mass is 10.0. The van der Waals surface area contributed by atoms with Crippen LogP contribution in [0, 0.1) is 0 Å². The van der Waals surface area contributed by atoms with Gasteiger partial charge in [0.25, 0.3) is 5.91 Å². The van der Waals surface area contributed by atoms with E-state index in [9.17, 15) is 9.59 Å². The number of piperidine rings is 1. The van der Waals surface area contributed by atoms with Crippen molar-refractivity contribution in [2.45, 2.75) is 31.9 Å². The van der Waals surface area contributed by atoms with E-state index in [4.69, 9.17) is 9.47 Å². The minimum absolute atomic E-state index is 0.0346. The highest BCUT2D eigenvalue weighted by molar-refractivity contribution is 7.07.